The molecular weight excluding hydrogens is 372 g/mol. The van der Waals surface area contributed by atoms with Crippen molar-refractivity contribution in [2.75, 3.05) is 20.3 Å². The van der Waals surface area contributed by atoms with Crippen LogP contribution < -0.4 is 15.4 Å². The van der Waals surface area contributed by atoms with Crippen molar-refractivity contribution in [3.63, 3.8) is 0 Å². The van der Waals surface area contributed by atoms with Crippen LogP contribution in [-0.4, -0.2) is 54.4 Å². The Morgan fingerprint density at radius 1 is 1.33 bits per heavy atom. The number of para-hydroxylation sites is 1. The van der Waals surface area contributed by atoms with Crippen LogP contribution in [0.1, 0.15) is 36.0 Å². The molecule has 0 heterocycles. The normalized spacial score (nSPS) is 25.7. The number of amides is 2. The SMILES string of the molecule is COc1c(Cl)cccc1C(=O)NC[C@@H]1C[C@@H](NC(=O)C2(CO)CC2)C[C@@H]1O. The van der Waals surface area contributed by atoms with Crippen LogP contribution in [0.5, 0.6) is 5.75 Å². The maximum absolute atomic E-state index is 12.4. The van der Waals surface area contributed by atoms with Crippen LogP contribution in [-0.2, 0) is 4.79 Å². The second-order valence-electron chi connectivity index (χ2n) is 7.44. The Bertz CT molecular complexity index is 722. The highest BCUT2D eigenvalue weighted by Crippen LogP contribution is 2.45. The predicted molar refractivity (Wildman–Crippen MR) is 99.8 cm³/mol. The molecule has 0 aliphatic heterocycles. The molecule has 8 heteroatoms. The van der Waals surface area contributed by atoms with E-state index in [1.54, 1.807) is 18.2 Å². The van der Waals surface area contributed by atoms with Crippen LogP contribution in [0.15, 0.2) is 18.2 Å². The Kier molecular flexibility index (Phi) is 5.93. The van der Waals surface area contributed by atoms with E-state index in [4.69, 9.17) is 16.3 Å². The van der Waals surface area contributed by atoms with Gasteiger partial charge in [-0.15, -0.1) is 0 Å². The molecule has 0 saturated heterocycles. The molecule has 148 valence electrons. The quantitative estimate of drug-likeness (QED) is 0.552. The van der Waals surface area contributed by atoms with Crippen LogP contribution in [0.25, 0.3) is 0 Å². The minimum Gasteiger partial charge on any atom is -0.494 e. The highest BCUT2D eigenvalue weighted by atomic mass is 35.5. The van der Waals surface area contributed by atoms with E-state index in [2.05, 4.69) is 10.6 Å². The molecule has 0 spiro atoms. The van der Waals surface area contributed by atoms with E-state index in [9.17, 15) is 19.8 Å². The number of halogens is 1. The number of ether oxygens (including phenoxy) is 1. The fraction of sp³-hybridized carbons (Fsp3) is 0.579. The number of benzene rings is 1. The van der Waals surface area contributed by atoms with Gasteiger partial charge in [0.1, 0.15) is 5.75 Å². The van der Waals surface area contributed by atoms with Gasteiger partial charge >= 0.3 is 0 Å². The zero-order valence-corrected chi connectivity index (χ0v) is 16.0. The summed E-state index contributed by atoms with van der Waals surface area (Å²) < 4.78 is 5.19. The number of aliphatic hydroxyl groups is 2. The smallest absolute Gasteiger partial charge is 0.255 e. The first-order valence-corrected chi connectivity index (χ1v) is 9.48. The van der Waals surface area contributed by atoms with Gasteiger partial charge < -0.3 is 25.6 Å². The first-order chi connectivity index (χ1) is 12.9. The number of aliphatic hydroxyl groups excluding tert-OH is 2. The largest absolute Gasteiger partial charge is 0.494 e. The molecule has 2 amide bonds. The van der Waals surface area contributed by atoms with Crippen LogP contribution in [0.2, 0.25) is 5.02 Å². The van der Waals surface area contributed by atoms with E-state index in [0.717, 1.165) is 0 Å². The number of hydrogen-bond acceptors (Lipinski definition) is 5. The third-order valence-corrected chi connectivity index (χ3v) is 5.87. The Morgan fingerprint density at radius 3 is 2.70 bits per heavy atom. The zero-order valence-electron chi connectivity index (χ0n) is 15.2. The van der Waals surface area contributed by atoms with Gasteiger partial charge in [0.05, 0.1) is 35.8 Å². The van der Waals surface area contributed by atoms with Gasteiger partial charge in [-0.2, -0.15) is 0 Å². The second kappa shape index (κ2) is 8.04. The van der Waals surface area contributed by atoms with Gasteiger partial charge in [-0.3, -0.25) is 9.59 Å². The van der Waals surface area contributed by atoms with E-state index >= 15 is 0 Å². The Labute approximate surface area is 163 Å². The number of methoxy groups -OCH3 is 1. The van der Waals surface area contributed by atoms with Crippen molar-refractivity contribution < 1.29 is 24.5 Å². The summed E-state index contributed by atoms with van der Waals surface area (Å²) >= 11 is 6.04. The average molecular weight is 397 g/mol. The van der Waals surface area contributed by atoms with Crippen LogP contribution in [0, 0.1) is 11.3 Å². The summed E-state index contributed by atoms with van der Waals surface area (Å²) in [4.78, 5) is 24.7. The molecule has 1 aromatic carbocycles. The zero-order chi connectivity index (χ0) is 19.6. The first-order valence-electron chi connectivity index (χ1n) is 9.11. The van der Waals surface area contributed by atoms with E-state index in [0.29, 0.717) is 42.0 Å². The third kappa shape index (κ3) is 4.20. The molecule has 0 aromatic heterocycles. The van der Waals surface area contributed by atoms with E-state index in [-0.39, 0.29) is 36.9 Å². The Hall–Kier alpha value is -1.83. The summed E-state index contributed by atoms with van der Waals surface area (Å²) in [5.41, 5.74) is -0.290. The van der Waals surface area contributed by atoms with E-state index < -0.39 is 11.5 Å². The number of carbonyl (C=O) groups excluding carboxylic acids is 2. The molecule has 0 unspecified atom stereocenters. The molecule has 1 aromatic rings. The Balaban J connectivity index is 1.53. The van der Waals surface area contributed by atoms with E-state index in [1.807, 2.05) is 0 Å². The van der Waals surface area contributed by atoms with Crippen molar-refractivity contribution in [3.05, 3.63) is 28.8 Å². The lowest BCUT2D eigenvalue weighted by Gasteiger charge is -2.18. The lowest BCUT2D eigenvalue weighted by molar-refractivity contribution is -0.128. The minimum atomic E-state index is -0.625. The lowest BCUT2D eigenvalue weighted by Crippen LogP contribution is -2.40. The standard InChI is InChI=1S/C19H25ClN2O5/c1-27-16-13(3-2-4-14(16)20)17(25)21-9-11-7-12(8-15(11)24)22-18(26)19(10-23)5-6-19/h2-4,11-12,15,23-24H,5-10H2,1H3,(H,21,25)(H,22,26)/t11-,12+,15-/m0/s1. The molecule has 2 saturated carbocycles. The van der Waals surface area contributed by atoms with Crippen molar-refractivity contribution in [2.24, 2.45) is 11.3 Å². The van der Waals surface area contributed by atoms with E-state index in [1.165, 1.54) is 7.11 Å². The number of rotatable bonds is 7. The molecule has 3 atom stereocenters. The number of carbonyl (C=O) groups is 2. The number of nitrogens with one attached hydrogen (secondary N) is 2. The van der Waals surface area contributed by atoms with Crippen LogP contribution in [0.3, 0.4) is 0 Å². The molecule has 27 heavy (non-hydrogen) atoms. The van der Waals surface area contributed by atoms with Crippen LogP contribution in [0.4, 0.5) is 0 Å². The third-order valence-electron chi connectivity index (χ3n) is 5.57. The van der Waals surface area contributed by atoms with Gasteiger partial charge in [-0.25, -0.2) is 0 Å². The van der Waals surface area contributed by atoms with Crippen LogP contribution >= 0.6 is 11.6 Å². The summed E-state index contributed by atoms with van der Waals surface area (Å²) in [6.07, 6.45) is 1.80. The highest BCUT2D eigenvalue weighted by molar-refractivity contribution is 6.32. The van der Waals surface area contributed by atoms with Gasteiger partial charge in [0.25, 0.3) is 5.91 Å². The fourth-order valence-electron chi connectivity index (χ4n) is 3.60. The highest BCUT2D eigenvalue weighted by Gasteiger charge is 2.50. The summed E-state index contributed by atoms with van der Waals surface area (Å²) in [7, 11) is 1.45. The molecule has 2 aliphatic carbocycles. The molecule has 3 rings (SSSR count). The molecule has 2 fully saturated rings. The second-order valence-corrected chi connectivity index (χ2v) is 7.85. The Morgan fingerprint density at radius 2 is 2.07 bits per heavy atom. The molecule has 2 aliphatic rings. The van der Waals surface area contributed by atoms with Crippen molar-refractivity contribution >= 4 is 23.4 Å². The maximum Gasteiger partial charge on any atom is 0.255 e. The first kappa shape index (κ1) is 19.9. The molecule has 0 radical (unpaired) electrons. The van der Waals surface area contributed by atoms with Crippen molar-refractivity contribution in [1.82, 2.24) is 10.6 Å². The average Bonchev–Trinajstić information content (AvgIpc) is 3.38. The van der Waals surface area contributed by atoms with Gasteiger partial charge in [0, 0.05) is 18.5 Å². The van der Waals surface area contributed by atoms with Crippen molar-refractivity contribution in [2.45, 2.75) is 37.8 Å². The topological polar surface area (TPSA) is 108 Å². The fourth-order valence-corrected chi connectivity index (χ4v) is 3.85. The predicted octanol–water partition coefficient (Wildman–Crippen LogP) is 1.11. The van der Waals surface area contributed by atoms with Gasteiger partial charge in [0.2, 0.25) is 5.91 Å². The van der Waals surface area contributed by atoms with Gasteiger partial charge in [0.15, 0.2) is 0 Å². The molecule has 7 nitrogen and oxygen atoms in total. The molecule has 0 bridgehead atoms. The van der Waals surface area contributed by atoms with Crippen molar-refractivity contribution in [3.8, 4) is 5.75 Å². The molecule has 4 N–H and O–H groups in total. The summed E-state index contributed by atoms with van der Waals surface area (Å²) in [5, 5.41) is 25.7. The summed E-state index contributed by atoms with van der Waals surface area (Å²) in [6.45, 7) is 0.141. The van der Waals surface area contributed by atoms with Gasteiger partial charge in [-0.1, -0.05) is 17.7 Å². The van der Waals surface area contributed by atoms with Gasteiger partial charge in [-0.05, 0) is 37.8 Å². The lowest BCUT2D eigenvalue weighted by atomic mass is 10.0. The monoisotopic (exact) mass is 396 g/mol. The summed E-state index contributed by atoms with van der Waals surface area (Å²) in [5.74, 6) is -0.317. The number of hydrogen-bond donors (Lipinski definition) is 4. The van der Waals surface area contributed by atoms with Crippen molar-refractivity contribution in [1.29, 1.82) is 0 Å². The summed E-state index contributed by atoms with van der Waals surface area (Å²) in [6, 6.07) is 4.78. The minimum absolute atomic E-state index is 0.143. The molecular formula is C19H25ClN2O5. The maximum atomic E-state index is 12.4.